The van der Waals surface area contributed by atoms with Crippen LogP contribution in [0, 0.1) is 0 Å². The summed E-state index contributed by atoms with van der Waals surface area (Å²) < 4.78 is 0.760. The number of Topliss-reactive ketones (excluding diaryl/α,β-unsaturated/α-hetero) is 1. The number of hydrogen-bond acceptors (Lipinski definition) is 4. The second-order valence-electron chi connectivity index (χ2n) is 4.38. The van der Waals surface area contributed by atoms with Crippen LogP contribution >= 0.6 is 34.7 Å². The number of ketones is 1. The molecule has 3 nitrogen and oxygen atoms in total. The Morgan fingerprint density at radius 1 is 1.29 bits per heavy atom. The highest BCUT2D eigenvalue weighted by Gasteiger charge is 2.06. The summed E-state index contributed by atoms with van der Waals surface area (Å²) >= 11 is 8.91. The molecule has 0 atom stereocenters. The van der Waals surface area contributed by atoms with Crippen molar-refractivity contribution in [1.82, 2.24) is 0 Å². The monoisotopic (exact) mass is 339 g/mol. The fraction of sp³-hybridized carbons (Fsp3) is 0.200. The van der Waals surface area contributed by atoms with Gasteiger partial charge >= 0.3 is 0 Å². The van der Waals surface area contributed by atoms with E-state index in [-0.39, 0.29) is 11.7 Å². The Bertz CT molecular complexity index is 655. The van der Waals surface area contributed by atoms with Crippen molar-refractivity contribution in [3.8, 4) is 0 Å². The quantitative estimate of drug-likeness (QED) is 0.789. The van der Waals surface area contributed by atoms with Gasteiger partial charge in [-0.25, -0.2) is 0 Å². The van der Waals surface area contributed by atoms with Crippen molar-refractivity contribution in [3.63, 3.8) is 0 Å². The van der Waals surface area contributed by atoms with Gasteiger partial charge in [-0.05, 0) is 31.2 Å². The first-order valence-corrected chi connectivity index (χ1v) is 8.62. The molecule has 0 unspecified atom stereocenters. The average Bonchev–Trinajstić information content (AvgIpc) is 2.84. The smallest absolute Gasteiger partial charge is 0.234 e. The number of carbonyl (C=O) groups is 2. The van der Waals surface area contributed by atoms with Crippen LogP contribution in [0.3, 0.4) is 0 Å². The third-order valence-corrected chi connectivity index (χ3v) is 5.05. The molecular weight excluding hydrogens is 326 g/mol. The third kappa shape index (κ3) is 5.19. The molecule has 6 heteroatoms. The fourth-order valence-electron chi connectivity index (χ4n) is 1.69. The van der Waals surface area contributed by atoms with E-state index >= 15 is 0 Å². The summed E-state index contributed by atoms with van der Waals surface area (Å²) in [4.78, 5) is 24.3. The van der Waals surface area contributed by atoms with E-state index in [9.17, 15) is 9.59 Å². The minimum Gasteiger partial charge on any atom is -0.325 e. The number of carbonyl (C=O) groups excluding carboxylic acids is 2. The van der Waals surface area contributed by atoms with Gasteiger partial charge in [0.25, 0.3) is 0 Å². The molecule has 0 aliphatic heterocycles. The molecule has 0 saturated carbocycles. The Morgan fingerprint density at radius 3 is 2.76 bits per heavy atom. The van der Waals surface area contributed by atoms with Crippen molar-refractivity contribution < 1.29 is 9.59 Å². The number of rotatable bonds is 6. The van der Waals surface area contributed by atoms with Crippen LogP contribution in [0.25, 0.3) is 0 Å². The number of anilines is 1. The molecule has 1 aromatic heterocycles. The Balaban J connectivity index is 1.81. The highest BCUT2D eigenvalue weighted by atomic mass is 35.5. The van der Waals surface area contributed by atoms with Crippen molar-refractivity contribution in [2.75, 3.05) is 11.1 Å². The summed E-state index contributed by atoms with van der Waals surface area (Å²) in [6.07, 6.45) is 0. The number of thioether (sulfide) groups is 1. The lowest BCUT2D eigenvalue weighted by Crippen LogP contribution is -2.14. The SMILES string of the molecule is CC(=O)c1cccc(NC(=O)CSCc2ccc(Cl)s2)c1. The second kappa shape index (κ2) is 7.64. The zero-order chi connectivity index (χ0) is 15.2. The van der Waals surface area contributed by atoms with E-state index in [0.29, 0.717) is 17.0 Å². The first-order valence-electron chi connectivity index (χ1n) is 6.27. The summed E-state index contributed by atoms with van der Waals surface area (Å²) in [7, 11) is 0. The number of hydrogen-bond donors (Lipinski definition) is 1. The molecule has 1 N–H and O–H groups in total. The topological polar surface area (TPSA) is 46.2 Å². The lowest BCUT2D eigenvalue weighted by molar-refractivity contribution is -0.113. The molecule has 1 heterocycles. The van der Waals surface area contributed by atoms with Gasteiger partial charge in [-0.2, -0.15) is 0 Å². The molecule has 0 radical (unpaired) electrons. The molecule has 2 rings (SSSR count). The van der Waals surface area contributed by atoms with E-state index in [1.54, 1.807) is 24.3 Å². The molecule has 0 aliphatic carbocycles. The summed E-state index contributed by atoms with van der Waals surface area (Å²) in [6, 6.07) is 10.8. The van der Waals surface area contributed by atoms with E-state index in [4.69, 9.17) is 11.6 Å². The standard InChI is InChI=1S/C15H14ClNO2S2/c1-10(18)11-3-2-4-12(7-11)17-15(19)9-20-8-13-5-6-14(16)21-13/h2-7H,8-9H2,1H3,(H,17,19). The number of halogens is 1. The van der Waals surface area contributed by atoms with Crippen LogP contribution in [0.4, 0.5) is 5.69 Å². The molecule has 0 saturated heterocycles. The first kappa shape index (κ1) is 16.1. The Labute approximate surface area is 136 Å². The highest BCUT2D eigenvalue weighted by Crippen LogP contribution is 2.25. The maximum absolute atomic E-state index is 11.8. The number of thiophene rings is 1. The van der Waals surface area contributed by atoms with Crippen LogP contribution in [-0.2, 0) is 10.5 Å². The Morgan fingerprint density at radius 2 is 2.10 bits per heavy atom. The van der Waals surface area contributed by atoms with Crippen molar-refractivity contribution in [2.45, 2.75) is 12.7 Å². The minimum atomic E-state index is -0.0802. The van der Waals surface area contributed by atoms with Crippen molar-refractivity contribution >= 4 is 52.1 Å². The Hall–Kier alpha value is -1.30. The van der Waals surface area contributed by atoms with Crippen LogP contribution in [0.1, 0.15) is 22.2 Å². The van der Waals surface area contributed by atoms with Crippen molar-refractivity contribution in [3.05, 3.63) is 51.2 Å². The minimum absolute atomic E-state index is 0.0185. The van der Waals surface area contributed by atoms with Gasteiger partial charge < -0.3 is 5.32 Å². The van der Waals surface area contributed by atoms with E-state index in [1.807, 2.05) is 12.1 Å². The highest BCUT2D eigenvalue weighted by molar-refractivity contribution is 7.99. The molecule has 0 spiro atoms. The van der Waals surface area contributed by atoms with Crippen LogP contribution in [0.2, 0.25) is 4.34 Å². The predicted octanol–water partition coefficient (Wildman–Crippen LogP) is 4.48. The van der Waals surface area contributed by atoms with Gasteiger partial charge in [0.2, 0.25) is 5.91 Å². The maximum atomic E-state index is 11.8. The summed E-state index contributed by atoms with van der Waals surface area (Å²) in [6.45, 7) is 1.50. The average molecular weight is 340 g/mol. The molecule has 0 bridgehead atoms. The summed E-state index contributed by atoms with van der Waals surface area (Å²) in [5.74, 6) is 1.02. The van der Waals surface area contributed by atoms with Crippen LogP contribution < -0.4 is 5.32 Å². The molecule has 1 amide bonds. The zero-order valence-electron chi connectivity index (χ0n) is 11.4. The summed E-state index contributed by atoms with van der Waals surface area (Å²) in [5, 5.41) is 2.79. The molecule has 1 aromatic carbocycles. The second-order valence-corrected chi connectivity index (χ2v) is 7.17. The van der Waals surface area contributed by atoms with Gasteiger partial charge in [-0.15, -0.1) is 23.1 Å². The largest absolute Gasteiger partial charge is 0.325 e. The van der Waals surface area contributed by atoms with Crippen LogP contribution in [-0.4, -0.2) is 17.4 Å². The number of benzene rings is 1. The van der Waals surface area contributed by atoms with Crippen molar-refractivity contribution in [2.24, 2.45) is 0 Å². The molecule has 110 valence electrons. The van der Waals surface area contributed by atoms with E-state index in [2.05, 4.69) is 5.32 Å². The molecule has 2 aromatic rings. The first-order chi connectivity index (χ1) is 10.0. The predicted molar refractivity (Wildman–Crippen MR) is 90.6 cm³/mol. The normalized spacial score (nSPS) is 10.4. The molecule has 0 aliphatic rings. The lowest BCUT2D eigenvalue weighted by Gasteiger charge is -2.06. The van der Waals surface area contributed by atoms with Crippen LogP contribution in [0.15, 0.2) is 36.4 Å². The molecule has 21 heavy (non-hydrogen) atoms. The van der Waals surface area contributed by atoms with Gasteiger partial charge in [0, 0.05) is 21.9 Å². The summed E-state index contributed by atoms with van der Waals surface area (Å²) in [5.41, 5.74) is 1.24. The third-order valence-electron chi connectivity index (χ3n) is 2.66. The van der Waals surface area contributed by atoms with Gasteiger partial charge in [-0.1, -0.05) is 23.7 Å². The zero-order valence-corrected chi connectivity index (χ0v) is 13.8. The van der Waals surface area contributed by atoms with Gasteiger partial charge in [0.1, 0.15) is 0 Å². The van der Waals surface area contributed by atoms with Crippen LogP contribution in [0.5, 0.6) is 0 Å². The van der Waals surface area contributed by atoms with Gasteiger partial charge in [0.15, 0.2) is 5.78 Å². The maximum Gasteiger partial charge on any atom is 0.234 e. The Kier molecular flexibility index (Phi) is 5.85. The van der Waals surface area contributed by atoms with Crippen molar-refractivity contribution in [1.29, 1.82) is 0 Å². The number of amides is 1. The number of nitrogens with one attached hydrogen (secondary N) is 1. The fourth-order valence-corrected chi connectivity index (χ4v) is 3.71. The molecular formula is C15H14ClNO2S2. The van der Waals surface area contributed by atoms with E-state index in [1.165, 1.54) is 30.0 Å². The van der Waals surface area contributed by atoms with Gasteiger partial charge in [-0.3, -0.25) is 9.59 Å². The molecule has 0 fully saturated rings. The van der Waals surface area contributed by atoms with E-state index < -0.39 is 0 Å². The lowest BCUT2D eigenvalue weighted by atomic mass is 10.1. The van der Waals surface area contributed by atoms with E-state index in [0.717, 1.165) is 15.0 Å². The van der Waals surface area contributed by atoms with Gasteiger partial charge in [0.05, 0.1) is 10.1 Å².